The molecule has 0 rings (SSSR count). The maximum Gasteiger partial charge on any atom is 0.337 e. The van der Waals surface area contributed by atoms with E-state index in [-0.39, 0.29) is 6.03 Å². The van der Waals surface area contributed by atoms with E-state index in [0.29, 0.717) is 0 Å². The maximum absolute atomic E-state index is 10.8. The fourth-order valence-corrected chi connectivity index (χ4v) is 0.507. The molecule has 2 amide bonds. The van der Waals surface area contributed by atoms with E-state index in [9.17, 15) is 4.79 Å². The first-order valence-corrected chi connectivity index (χ1v) is 3.05. The van der Waals surface area contributed by atoms with Crippen LogP contribution in [0.15, 0.2) is 5.10 Å². The number of hydrogen-bond donors (Lipinski definition) is 1. The van der Waals surface area contributed by atoms with Gasteiger partial charge in [0.1, 0.15) is 0 Å². The molecule has 0 radical (unpaired) electrons. The van der Waals surface area contributed by atoms with Gasteiger partial charge in [0.2, 0.25) is 0 Å². The third kappa shape index (κ3) is 3.06. The van der Waals surface area contributed by atoms with Gasteiger partial charge in [-0.15, -0.1) is 0 Å². The number of urea groups is 1. The molecule has 10 heavy (non-hydrogen) atoms. The van der Waals surface area contributed by atoms with E-state index in [1.165, 1.54) is 5.01 Å². The second-order valence-electron chi connectivity index (χ2n) is 2.13. The Morgan fingerprint density at radius 2 is 2.00 bits per heavy atom. The van der Waals surface area contributed by atoms with Crippen LogP contribution >= 0.6 is 0 Å². The zero-order valence-corrected chi connectivity index (χ0v) is 6.80. The molecule has 4 nitrogen and oxygen atoms in total. The molecular weight excluding hydrogens is 130 g/mol. The highest BCUT2D eigenvalue weighted by Gasteiger charge is 2.01. The van der Waals surface area contributed by atoms with Gasteiger partial charge in [-0.3, -0.25) is 0 Å². The highest BCUT2D eigenvalue weighted by molar-refractivity contribution is 5.81. The monoisotopic (exact) mass is 143 g/mol. The Balaban J connectivity index is 3.96. The molecule has 0 aromatic rings. The highest BCUT2D eigenvalue weighted by atomic mass is 16.2. The Kier molecular flexibility index (Phi) is 3.46. The maximum atomic E-state index is 10.8. The number of nitrogens with zero attached hydrogens (tertiary/aromatic N) is 2. The van der Waals surface area contributed by atoms with Crippen molar-refractivity contribution in [1.82, 2.24) is 10.3 Å². The van der Waals surface area contributed by atoms with E-state index >= 15 is 0 Å². The van der Waals surface area contributed by atoms with E-state index in [0.717, 1.165) is 5.71 Å². The standard InChI is InChI=1S/C6H13N3O/c1-5(2)8-9(4)6(10)7-3/h1-4H3,(H,7,10). The second kappa shape index (κ2) is 3.87. The zero-order chi connectivity index (χ0) is 8.15. The Hall–Kier alpha value is -1.06. The summed E-state index contributed by atoms with van der Waals surface area (Å²) in [6.45, 7) is 3.67. The predicted octanol–water partition coefficient (Wildman–Crippen LogP) is 0.653. The molecule has 0 aliphatic rings. The second-order valence-corrected chi connectivity index (χ2v) is 2.13. The smallest absolute Gasteiger partial charge is 0.337 e. The summed E-state index contributed by atoms with van der Waals surface area (Å²) in [6, 6.07) is -0.207. The van der Waals surface area contributed by atoms with Gasteiger partial charge in [0.15, 0.2) is 0 Å². The van der Waals surface area contributed by atoms with Gasteiger partial charge < -0.3 is 5.32 Å². The van der Waals surface area contributed by atoms with Crippen LogP contribution in [0.5, 0.6) is 0 Å². The number of hydrogen-bond acceptors (Lipinski definition) is 2. The lowest BCUT2D eigenvalue weighted by atomic mass is 10.5. The summed E-state index contributed by atoms with van der Waals surface area (Å²) in [6.07, 6.45) is 0. The minimum absolute atomic E-state index is 0.207. The summed E-state index contributed by atoms with van der Waals surface area (Å²) in [4.78, 5) is 10.8. The lowest BCUT2D eigenvalue weighted by molar-refractivity contribution is 0.213. The van der Waals surface area contributed by atoms with E-state index in [1.54, 1.807) is 14.1 Å². The van der Waals surface area contributed by atoms with Crippen LogP contribution in [0.3, 0.4) is 0 Å². The molecule has 0 heterocycles. The molecule has 0 unspecified atom stereocenters. The number of amides is 2. The zero-order valence-electron chi connectivity index (χ0n) is 6.80. The summed E-state index contributed by atoms with van der Waals surface area (Å²) in [5, 5.41) is 7.60. The van der Waals surface area contributed by atoms with Gasteiger partial charge in [-0.2, -0.15) is 5.10 Å². The molecule has 0 spiro atoms. The van der Waals surface area contributed by atoms with E-state index < -0.39 is 0 Å². The lowest BCUT2D eigenvalue weighted by Gasteiger charge is -2.09. The van der Waals surface area contributed by atoms with Crippen molar-refractivity contribution in [3.63, 3.8) is 0 Å². The Labute approximate surface area is 60.9 Å². The van der Waals surface area contributed by atoms with Crippen molar-refractivity contribution in [1.29, 1.82) is 0 Å². The van der Waals surface area contributed by atoms with Crippen LogP contribution in [-0.2, 0) is 0 Å². The average molecular weight is 143 g/mol. The van der Waals surface area contributed by atoms with Crippen LogP contribution in [0.2, 0.25) is 0 Å². The number of carbonyl (C=O) groups is 1. The molecule has 0 aliphatic heterocycles. The molecule has 1 N–H and O–H groups in total. The molecule has 0 atom stereocenters. The fraction of sp³-hybridized carbons (Fsp3) is 0.667. The summed E-state index contributed by atoms with van der Waals surface area (Å²) < 4.78 is 0. The molecule has 0 aromatic heterocycles. The average Bonchev–Trinajstić information content (AvgIpc) is 1.85. The van der Waals surface area contributed by atoms with Crippen LogP contribution in [0.25, 0.3) is 0 Å². The van der Waals surface area contributed by atoms with Gasteiger partial charge in [0, 0.05) is 19.8 Å². The van der Waals surface area contributed by atoms with Crippen LogP contribution in [0.1, 0.15) is 13.8 Å². The predicted molar refractivity (Wildman–Crippen MR) is 41.0 cm³/mol. The SMILES string of the molecule is CNC(=O)N(C)N=C(C)C. The molecular formula is C6H13N3O. The molecule has 58 valence electrons. The van der Waals surface area contributed by atoms with Crippen molar-refractivity contribution < 1.29 is 4.79 Å². The van der Waals surface area contributed by atoms with Gasteiger partial charge in [0.25, 0.3) is 0 Å². The Bertz CT molecular complexity index is 149. The van der Waals surface area contributed by atoms with Crippen LogP contribution in [0.4, 0.5) is 4.79 Å². The minimum atomic E-state index is -0.207. The molecule has 0 fully saturated rings. The van der Waals surface area contributed by atoms with Crippen molar-refractivity contribution in [3.05, 3.63) is 0 Å². The molecule has 0 aliphatic carbocycles. The first-order valence-electron chi connectivity index (χ1n) is 3.05. The molecule has 0 saturated carbocycles. The number of rotatable bonds is 1. The lowest BCUT2D eigenvalue weighted by Crippen LogP contribution is -2.31. The van der Waals surface area contributed by atoms with Gasteiger partial charge in [-0.05, 0) is 13.8 Å². The summed E-state index contributed by atoms with van der Waals surface area (Å²) in [5.41, 5.74) is 0.853. The third-order valence-corrected chi connectivity index (χ3v) is 0.858. The molecule has 4 heteroatoms. The number of nitrogens with one attached hydrogen (secondary N) is 1. The van der Waals surface area contributed by atoms with Crippen molar-refractivity contribution >= 4 is 11.7 Å². The highest BCUT2D eigenvalue weighted by Crippen LogP contribution is 1.85. The number of hydrazone groups is 1. The van der Waals surface area contributed by atoms with Gasteiger partial charge in [-0.1, -0.05) is 0 Å². The molecule has 0 bridgehead atoms. The summed E-state index contributed by atoms with van der Waals surface area (Å²) in [7, 11) is 3.17. The summed E-state index contributed by atoms with van der Waals surface area (Å²) >= 11 is 0. The van der Waals surface area contributed by atoms with Gasteiger partial charge in [-0.25, -0.2) is 9.80 Å². The van der Waals surface area contributed by atoms with E-state index in [4.69, 9.17) is 0 Å². The van der Waals surface area contributed by atoms with Crippen molar-refractivity contribution in [3.8, 4) is 0 Å². The quantitative estimate of drug-likeness (QED) is 0.425. The third-order valence-electron chi connectivity index (χ3n) is 0.858. The van der Waals surface area contributed by atoms with E-state index in [1.807, 2.05) is 13.8 Å². The Morgan fingerprint density at radius 3 is 2.30 bits per heavy atom. The van der Waals surface area contributed by atoms with Gasteiger partial charge >= 0.3 is 6.03 Å². The summed E-state index contributed by atoms with van der Waals surface area (Å²) in [5.74, 6) is 0. The Morgan fingerprint density at radius 1 is 1.50 bits per heavy atom. The molecule has 0 aromatic carbocycles. The van der Waals surface area contributed by atoms with Crippen LogP contribution < -0.4 is 5.32 Å². The molecule has 0 saturated heterocycles. The van der Waals surface area contributed by atoms with Crippen molar-refractivity contribution in [2.24, 2.45) is 5.10 Å². The van der Waals surface area contributed by atoms with Crippen molar-refractivity contribution in [2.45, 2.75) is 13.8 Å². The minimum Gasteiger partial charge on any atom is -0.340 e. The van der Waals surface area contributed by atoms with Crippen LogP contribution in [0, 0.1) is 0 Å². The van der Waals surface area contributed by atoms with Crippen LogP contribution in [-0.4, -0.2) is 30.8 Å². The largest absolute Gasteiger partial charge is 0.340 e. The normalized spacial score (nSPS) is 8.40. The fourth-order valence-electron chi connectivity index (χ4n) is 0.507. The van der Waals surface area contributed by atoms with Gasteiger partial charge in [0.05, 0.1) is 0 Å². The first-order chi connectivity index (χ1) is 4.57. The van der Waals surface area contributed by atoms with E-state index in [2.05, 4.69) is 10.4 Å². The topological polar surface area (TPSA) is 44.7 Å². The first kappa shape index (κ1) is 8.94. The van der Waals surface area contributed by atoms with Crippen molar-refractivity contribution in [2.75, 3.05) is 14.1 Å². The number of carbonyl (C=O) groups excluding carboxylic acids is 1.